The molecule has 1 N–H and O–H groups in total. The zero-order valence-electron chi connectivity index (χ0n) is 21.5. The molecule has 198 valence electrons. The van der Waals surface area contributed by atoms with Gasteiger partial charge in [-0.25, -0.2) is 27.2 Å². The van der Waals surface area contributed by atoms with E-state index >= 15 is 0 Å². The van der Waals surface area contributed by atoms with Crippen molar-refractivity contribution in [3.63, 3.8) is 0 Å². The summed E-state index contributed by atoms with van der Waals surface area (Å²) in [4.78, 5) is 13.0. The molecule has 4 rings (SSSR count). The second-order valence-corrected chi connectivity index (χ2v) is 11.0. The predicted octanol–water partition coefficient (Wildman–Crippen LogP) is 5.31. The number of pyridine rings is 1. The molecular formula is C27H28F2N6O2S. The molecule has 11 heteroatoms. The Morgan fingerprint density at radius 3 is 2.21 bits per heavy atom. The molecule has 0 aliphatic heterocycles. The van der Waals surface area contributed by atoms with Crippen LogP contribution in [0.3, 0.4) is 0 Å². The Labute approximate surface area is 220 Å². The third-order valence-electron chi connectivity index (χ3n) is 6.38. The highest BCUT2D eigenvalue weighted by Gasteiger charge is 2.33. The number of benzene rings is 1. The van der Waals surface area contributed by atoms with Gasteiger partial charge >= 0.3 is 0 Å². The lowest BCUT2D eigenvalue weighted by Crippen LogP contribution is -2.28. The van der Waals surface area contributed by atoms with E-state index < -0.39 is 27.1 Å². The van der Waals surface area contributed by atoms with Crippen molar-refractivity contribution >= 4 is 16.0 Å². The highest BCUT2D eigenvalue weighted by Crippen LogP contribution is 2.37. The maximum Gasteiger partial charge on any atom is 0.236 e. The van der Waals surface area contributed by atoms with Crippen LogP contribution in [0.2, 0.25) is 0 Å². The van der Waals surface area contributed by atoms with E-state index in [0.29, 0.717) is 29.8 Å². The Kier molecular flexibility index (Phi) is 7.77. The molecule has 0 spiro atoms. The minimum Gasteiger partial charge on any atom is -0.252 e. The summed E-state index contributed by atoms with van der Waals surface area (Å²) < 4.78 is 54.0. The van der Waals surface area contributed by atoms with Gasteiger partial charge in [0, 0.05) is 18.0 Å². The molecule has 3 heterocycles. The van der Waals surface area contributed by atoms with Crippen LogP contribution in [0.1, 0.15) is 50.6 Å². The molecule has 0 radical (unpaired) electrons. The van der Waals surface area contributed by atoms with Crippen LogP contribution in [0.5, 0.6) is 0 Å². The lowest BCUT2D eigenvalue weighted by atomic mass is 9.77. The normalized spacial score (nSPS) is 13.2. The molecule has 38 heavy (non-hydrogen) atoms. The Morgan fingerprint density at radius 1 is 0.947 bits per heavy atom. The maximum absolute atomic E-state index is 14.5. The smallest absolute Gasteiger partial charge is 0.236 e. The first-order valence-electron chi connectivity index (χ1n) is 12.1. The molecule has 3 aromatic heterocycles. The minimum atomic E-state index is -3.49. The number of nitrogens with zero attached hydrogens (tertiary/aromatic N) is 5. The Bertz CT molecular complexity index is 1540. The van der Waals surface area contributed by atoms with E-state index in [1.165, 1.54) is 30.6 Å². The molecule has 4 aromatic rings. The van der Waals surface area contributed by atoms with Gasteiger partial charge in [-0.1, -0.05) is 32.4 Å². The van der Waals surface area contributed by atoms with Gasteiger partial charge < -0.3 is 0 Å². The van der Waals surface area contributed by atoms with Gasteiger partial charge in [-0.05, 0) is 55.7 Å². The summed E-state index contributed by atoms with van der Waals surface area (Å²) in [5, 5.41) is 8.75. The van der Waals surface area contributed by atoms with Crippen molar-refractivity contribution in [2.45, 2.75) is 45.4 Å². The van der Waals surface area contributed by atoms with Crippen LogP contribution in [-0.4, -0.2) is 39.8 Å². The number of nitrogens with one attached hydrogen (secondary N) is 1. The largest absolute Gasteiger partial charge is 0.252 e. The highest BCUT2D eigenvalue weighted by molar-refractivity contribution is 7.91. The van der Waals surface area contributed by atoms with Crippen LogP contribution >= 0.6 is 0 Å². The number of sulfonamides is 1. The zero-order chi connectivity index (χ0) is 27.5. The lowest BCUT2D eigenvalue weighted by Gasteiger charge is -2.29. The number of rotatable bonds is 9. The van der Waals surface area contributed by atoms with Crippen LogP contribution in [-0.2, 0) is 21.9 Å². The summed E-state index contributed by atoms with van der Waals surface area (Å²) in [6.45, 7) is 6.06. The van der Waals surface area contributed by atoms with E-state index in [4.69, 9.17) is 4.98 Å². The number of hydrogen-bond acceptors (Lipinski definition) is 7. The third-order valence-corrected chi connectivity index (χ3v) is 6.93. The van der Waals surface area contributed by atoms with Crippen LogP contribution in [0.4, 0.5) is 14.7 Å². The molecule has 1 aromatic carbocycles. The van der Waals surface area contributed by atoms with Crippen molar-refractivity contribution in [1.82, 2.24) is 25.1 Å². The second-order valence-electron chi connectivity index (χ2n) is 9.21. The molecule has 0 aliphatic rings. The summed E-state index contributed by atoms with van der Waals surface area (Å²) >= 11 is 0. The zero-order valence-corrected chi connectivity index (χ0v) is 22.4. The van der Waals surface area contributed by atoms with E-state index in [9.17, 15) is 17.2 Å². The predicted molar refractivity (Wildman–Crippen MR) is 142 cm³/mol. The topological polar surface area (TPSA) is 111 Å². The van der Waals surface area contributed by atoms with E-state index in [2.05, 4.69) is 24.9 Å². The van der Waals surface area contributed by atoms with E-state index in [1.54, 1.807) is 6.07 Å². The number of halogens is 2. The van der Waals surface area contributed by atoms with Crippen molar-refractivity contribution in [3.05, 3.63) is 83.4 Å². The van der Waals surface area contributed by atoms with Gasteiger partial charge in [0.1, 0.15) is 11.6 Å². The molecule has 0 aliphatic carbocycles. The van der Waals surface area contributed by atoms with Crippen molar-refractivity contribution in [3.8, 4) is 22.5 Å². The van der Waals surface area contributed by atoms with Gasteiger partial charge in [-0.15, -0.1) is 5.10 Å². The maximum atomic E-state index is 14.5. The van der Waals surface area contributed by atoms with Crippen LogP contribution < -0.4 is 4.72 Å². The molecule has 0 fully saturated rings. The number of aromatic nitrogens is 5. The fourth-order valence-corrected chi connectivity index (χ4v) is 4.71. The average molecular weight is 539 g/mol. The molecule has 0 amide bonds. The minimum absolute atomic E-state index is 0.0309. The van der Waals surface area contributed by atoms with Crippen LogP contribution in [0.25, 0.3) is 22.5 Å². The first kappa shape index (κ1) is 27.2. The summed E-state index contributed by atoms with van der Waals surface area (Å²) in [7, 11) is -3.49. The Balaban J connectivity index is 1.76. The first-order chi connectivity index (χ1) is 18.1. The van der Waals surface area contributed by atoms with E-state index in [1.807, 2.05) is 39.0 Å². The standard InChI is InChI=1S/C27H28F2N6O2S/c1-5-9-17-14-22(24-19(28)10-7-11-20(24)29)33-34-25(17)27(3,6-2)23-13-8-12-21(32-23)18-15-30-26(31-16-18)35-38(4,36)37/h7-8,10-16H,5-6,9H2,1-4H3,(H,30,31,35)/t27-/m0/s1. The van der Waals surface area contributed by atoms with Gasteiger partial charge in [0.05, 0.1) is 40.0 Å². The number of anilines is 1. The Morgan fingerprint density at radius 2 is 1.61 bits per heavy atom. The molecule has 0 unspecified atom stereocenters. The number of aryl methyl sites for hydroxylation is 1. The summed E-state index contributed by atoms with van der Waals surface area (Å²) in [5.41, 5.74) is 2.76. The van der Waals surface area contributed by atoms with Gasteiger partial charge in [-0.3, -0.25) is 9.71 Å². The molecule has 1 atom stereocenters. The fourth-order valence-electron chi connectivity index (χ4n) is 4.27. The molecule has 0 saturated heterocycles. The molecule has 8 nitrogen and oxygen atoms in total. The quantitative estimate of drug-likeness (QED) is 0.307. The molecule has 0 bridgehead atoms. The highest BCUT2D eigenvalue weighted by atomic mass is 32.2. The van der Waals surface area contributed by atoms with Crippen LogP contribution in [0, 0.1) is 11.6 Å². The van der Waals surface area contributed by atoms with E-state index in [-0.39, 0.29) is 17.2 Å². The van der Waals surface area contributed by atoms with Gasteiger partial charge in [0.2, 0.25) is 16.0 Å². The molecular weight excluding hydrogens is 510 g/mol. The summed E-state index contributed by atoms with van der Waals surface area (Å²) in [5.74, 6) is -1.42. The van der Waals surface area contributed by atoms with Crippen molar-refractivity contribution in [2.24, 2.45) is 0 Å². The average Bonchev–Trinajstić information content (AvgIpc) is 2.88. The summed E-state index contributed by atoms with van der Waals surface area (Å²) in [6.07, 6.45) is 6.10. The SMILES string of the molecule is CCCc1cc(-c2c(F)cccc2F)nnc1[C@@](C)(CC)c1cccc(-c2cnc(NS(C)(=O)=O)nc2)n1. The van der Waals surface area contributed by atoms with Crippen molar-refractivity contribution < 1.29 is 17.2 Å². The van der Waals surface area contributed by atoms with Crippen molar-refractivity contribution in [1.29, 1.82) is 0 Å². The number of hydrogen-bond donors (Lipinski definition) is 1. The second kappa shape index (κ2) is 10.9. The van der Waals surface area contributed by atoms with Gasteiger partial charge in [0.25, 0.3) is 0 Å². The fraction of sp³-hybridized carbons (Fsp3) is 0.296. The first-order valence-corrected chi connectivity index (χ1v) is 14.0. The van der Waals surface area contributed by atoms with Gasteiger partial charge in [-0.2, -0.15) is 5.10 Å². The lowest BCUT2D eigenvalue weighted by molar-refractivity contribution is 0.502. The third kappa shape index (κ3) is 5.67. The van der Waals surface area contributed by atoms with E-state index in [0.717, 1.165) is 23.9 Å². The summed E-state index contributed by atoms with van der Waals surface area (Å²) in [6, 6.07) is 11.0. The van der Waals surface area contributed by atoms with Crippen molar-refractivity contribution in [2.75, 3.05) is 11.0 Å². The Hall–Kier alpha value is -3.86. The monoisotopic (exact) mass is 538 g/mol. The van der Waals surface area contributed by atoms with Gasteiger partial charge in [0.15, 0.2) is 0 Å². The molecule has 0 saturated carbocycles. The van der Waals surface area contributed by atoms with Crippen LogP contribution in [0.15, 0.2) is 54.9 Å².